The molecule has 8 nitrogen and oxygen atoms in total. The predicted molar refractivity (Wildman–Crippen MR) is 75.8 cm³/mol. The molecule has 1 amide bonds. The van der Waals surface area contributed by atoms with Gasteiger partial charge >= 0.3 is 5.97 Å². The molecule has 22 heavy (non-hydrogen) atoms. The summed E-state index contributed by atoms with van der Waals surface area (Å²) in [6.45, 7) is 0. The maximum atomic E-state index is 12.4. The molecule has 1 fully saturated rings. The fourth-order valence-corrected chi connectivity index (χ4v) is 2.53. The lowest BCUT2D eigenvalue weighted by atomic mass is 9.80. The summed E-state index contributed by atoms with van der Waals surface area (Å²) in [5.74, 6) is -1.55. The van der Waals surface area contributed by atoms with Gasteiger partial charge < -0.3 is 10.4 Å². The van der Waals surface area contributed by atoms with Crippen molar-refractivity contribution < 1.29 is 14.7 Å². The summed E-state index contributed by atoms with van der Waals surface area (Å²) in [6.07, 6.45) is 2.24. The molecular weight excluding hydrogens is 310 g/mol. The zero-order valence-electron chi connectivity index (χ0n) is 11.3. The van der Waals surface area contributed by atoms with Gasteiger partial charge in [-0.25, -0.2) is 0 Å². The summed E-state index contributed by atoms with van der Waals surface area (Å²) >= 11 is 5.95. The molecule has 9 heteroatoms. The van der Waals surface area contributed by atoms with Crippen molar-refractivity contribution in [2.45, 2.75) is 18.9 Å². The highest BCUT2D eigenvalue weighted by atomic mass is 35.5. The lowest BCUT2D eigenvalue weighted by Gasteiger charge is -2.33. The Morgan fingerprint density at radius 3 is 2.77 bits per heavy atom. The average molecular weight is 322 g/mol. The summed E-state index contributed by atoms with van der Waals surface area (Å²) in [4.78, 5) is 23.2. The van der Waals surface area contributed by atoms with E-state index in [4.69, 9.17) is 16.7 Å². The highest BCUT2D eigenvalue weighted by molar-refractivity contribution is 6.31. The third kappa shape index (κ3) is 2.77. The molecule has 0 spiro atoms. The number of halogens is 1. The molecule has 1 heterocycles. The minimum absolute atomic E-state index is 0.144. The zero-order valence-corrected chi connectivity index (χ0v) is 12.1. The van der Waals surface area contributed by atoms with E-state index in [0.717, 1.165) is 0 Å². The van der Waals surface area contributed by atoms with Crippen molar-refractivity contribution in [2.75, 3.05) is 0 Å². The van der Waals surface area contributed by atoms with E-state index < -0.39 is 5.97 Å². The molecule has 2 aromatic rings. The van der Waals surface area contributed by atoms with Crippen LogP contribution in [0.25, 0.3) is 5.69 Å². The molecule has 1 aromatic carbocycles. The van der Waals surface area contributed by atoms with Crippen LogP contribution in [0, 0.1) is 5.92 Å². The number of nitrogens with zero attached hydrogens (tertiary/aromatic N) is 4. The predicted octanol–water partition coefficient (Wildman–Crippen LogP) is 0.909. The van der Waals surface area contributed by atoms with Gasteiger partial charge in [-0.1, -0.05) is 11.6 Å². The van der Waals surface area contributed by atoms with E-state index in [-0.39, 0.29) is 17.9 Å². The van der Waals surface area contributed by atoms with Crippen LogP contribution in [-0.2, 0) is 4.79 Å². The number of carbonyl (C=O) groups excluding carboxylic acids is 1. The highest BCUT2D eigenvalue weighted by Gasteiger charge is 2.35. The van der Waals surface area contributed by atoms with Gasteiger partial charge in [-0.2, -0.15) is 4.68 Å². The van der Waals surface area contributed by atoms with Crippen molar-refractivity contribution in [3.8, 4) is 5.69 Å². The molecule has 0 radical (unpaired) electrons. The van der Waals surface area contributed by atoms with Crippen LogP contribution < -0.4 is 5.32 Å². The van der Waals surface area contributed by atoms with E-state index in [1.165, 1.54) is 17.1 Å². The molecule has 2 N–H and O–H groups in total. The fourth-order valence-electron chi connectivity index (χ4n) is 2.36. The first-order chi connectivity index (χ1) is 10.5. The van der Waals surface area contributed by atoms with Crippen LogP contribution in [-0.4, -0.2) is 43.2 Å². The average Bonchev–Trinajstić information content (AvgIpc) is 2.95. The normalized spacial score (nSPS) is 20.2. The van der Waals surface area contributed by atoms with Crippen molar-refractivity contribution in [3.05, 3.63) is 35.1 Å². The van der Waals surface area contributed by atoms with Crippen molar-refractivity contribution in [1.82, 2.24) is 25.5 Å². The van der Waals surface area contributed by atoms with Gasteiger partial charge in [0, 0.05) is 11.1 Å². The number of nitrogens with one attached hydrogen (secondary N) is 1. The van der Waals surface area contributed by atoms with Gasteiger partial charge in [0.1, 0.15) is 6.33 Å². The maximum Gasteiger partial charge on any atom is 0.306 e. The lowest BCUT2D eigenvalue weighted by molar-refractivity contribution is -0.145. The van der Waals surface area contributed by atoms with Gasteiger partial charge in [0.15, 0.2) is 0 Å². The maximum absolute atomic E-state index is 12.4. The van der Waals surface area contributed by atoms with Crippen molar-refractivity contribution >= 4 is 23.5 Å². The van der Waals surface area contributed by atoms with Crippen molar-refractivity contribution in [1.29, 1.82) is 0 Å². The van der Waals surface area contributed by atoms with Crippen LogP contribution in [0.5, 0.6) is 0 Å². The Morgan fingerprint density at radius 1 is 1.36 bits per heavy atom. The fraction of sp³-hybridized carbons (Fsp3) is 0.308. The summed E-state index contributed by atoms with van der Waals surface area (Å²) in [5, 5.41) is 22.9. The topological polar surface area (TPSA) is 110 Å². The molecule has 0 bridgehead atoms. The molecule has 0 atom stereocenters. The number of amides is 1. The van der Waals surface area contributed by atoms with Crippen LogP contribution >= 0.6 is 11.6 Å². The Kier molecular flexibility index (Phi) is 3.76. The second-order valence-electron chi connectivity index (χ2n) is 5.09. The van der Waals surface area contributed by atoms with E-state index in [1.54, 1.807) is 12.1 Å². The Hall–Kier alpha value is -2.48. The van der Waals surface area contributed by atoms with Gasteiger partial charge in [0.25, 0.3) is 5.91 Å². The Balaban J connectivity index is 1.78. The molecule has 114 valence electrons. The van der Waals surface area contributed by atoms with E-state index in [9.17, 15) is 9.59 Å². The number of hydrogen-bond acceptors (Lipinski definition) is 5. The Bertz CT molecular complexity index is 712. The molecule has 0 unspecified atom stereocenters. The molecule has 1 aliphatic carbocycles. The van der Waals surface area contributed by atoms with Gasteiger partial charge in [-0.05, 0) is 41.5 Å². The van der Waals surface area contributed by atoms with Gasteiger partial charge in [-0.3, -0.25) is 9.59 Å². The summed E-state index contributed by atoms with van der Waals surface area (Å²) in [5.41, 5.74) is 0.833. The third-order valence-corrected chi connectivity index (χ3v) is 3.86. The number of aliphatic carboxylic acids is 1. The Morgan fingerprint density at radius 2 is 2.14 bits per heavy atom. The second kappa shape index (κ2) is 5.72. The van der Waals surface area contributed by atoms with Crippen LogP contribution in [0.15, 0.2) is 24.5 Å². The number of carbonyl (C=O) groups is 2. The zero-order chi connectivity index (χ0) is 15.7. The number of hydrogen-bond donors (Lipinski definition) is 2. The van der Waals surface area contributed by atoms with E-state index >= 15 is 0 Å². The van der Waals surface area contributed by atoms with Crippen molar-refractivity contribution in [3.63, 3.8) is 0 Å². The van der Waals surface area contributed by atoms with E-state index in [0.29, 0.717) is 29.1 Å². The second-order valence-corrected chi connectivity index (χ2v) is 5.53. The number of carboxylic acid groups (broad SMARTS) is 1. The first kappa shape index (κ1) is 14.5. The number of aromatic nitrogens is 4. The van der Waals surface area contributed by atoms with E-state index in [1.807, 2.05) is 0 Å². The number of rotatable bonds is 4. The van der Waals surface area contributed by atoms with Gasteiger partial charge in [0.2, 0.25) is 0 Å². The smallest absolute Gasteiger partial charge is 0.306 e. The monoisotopic (exact) mass is 321 g/mol. The lowest BCUT2D eigenvalue weighted by Crippen LogP contribution is -2.46. The third-order valence-electron chi connectivity index (χ3n) is 3.62. The van der Waals surface area contributed by atoms with Crippen LogP contribution in [0.3, 0.4) is 0 Å². The molecular formula is C13H12ClN5O3. The van der Waals surface area contributed by atoms with E-state index in [2.05, 4.69) is 20.8 Å². The van der Waals surface area contributed by atoms with Crippen molar-refractivity contribution in [2.24, 2.45) is 5.92 Å². The molecule has 1 saturated carbocycles. The Labute approximate surface area is 130 Å². The largest absolute Gasteiger partial charge is 0.481 e. The molecule has 1 aliphatic rings. The first-order valence-electron chi connectivity index (χ1n) is 6.61. The summed E-state index contributed by atoms with van der Waals surface area (Å²) < 4.78 is 1.37. The molecule has 0 aliphatic heterocycles. The molecule has 1 aromatic heterocycles. The molecule has 0 saturated heterocycles. The summed E-state index contributed by atoms with van der Waals surface area (Å²) in [7, 11) is 0. The molecule has 3 rings (SSSR count). The summed E-state index contributed by atoms with van der Waals surface area (Å²) in [6, 6.07) is 4.67. The standard InChI is InChI=1S/C13H12ClN5O3/c14-8-1-2-11(19-6-15-17-18-19)10(5-8)12(20)16-9-3-7(4-9)13(21)22/h1-2,5-7,9H,3-4H2,(H,16,20)(H,21,22). The van der Waals surface area contributed by atoms with Crippen LogP contribution in [0.2, 0.25) is 5.02 Å². The number of carboxylic acids is 1. The highest BCUT2D eigenvalue weighted by Crippen LogP contribution is 2.28. The van der Waals surface area contributed by atoms with Gasteiger partial charge in [0.05, 0.1) is 17.2 Å². The van der Waals surface area contributed by atoms with Crippen LogP contribution in [0.4, 0.5) is 0 Å². The van der Waals surface area contributed by atoms with Crippen LogP contribution in [0.1, 0.15) is 23.2 Å². The first-order valence-corrected chi connectivity index (χ1v) is 6.99. The minimum atomic E-state index is -0.831. The number of benzene rings is 1. The SMILES string of the molecule is O=C(NC1CC(C(=O)O)C1)c1cc(Cl)ccc1-n1cnnn1. The van der Waals surface area contributed by atoms with Gasteiger partial charge in [-0.15, -0.1) is 5.10 Å². The number of tetrazole rings is 1. The minimum Gasteiger partial charge on any atom is -0.481 e. The quantitative estimate of drug-likeness (QED) is 0.866.